The van der Waals surface area contributed by atoms with Gasteiger partial charge in [-0.1, -0.05) is 12.7 Å². The molecule has 0 aliphatic heterocycles. The van der Waals surface area contributed by atoms with Gasteiger partial charge in [-0.15, -0.1) is 0 Å². The number of halogens is 3. The van der Waals surface area contributed by atoms with Crippen molar-refractivity contribution >= 4 is 6.08 Å². The maximum atomic E-state index is 11.7. The number of rotatable bonds is 3. The number of aromatic nitrogens is 1. The second-order valence-corrected chi connectivity index (χ2v) is 2.54. The van der Waals surface area contributed by atoms with Crippen molar-refractivity contribution in [3.8, 4) is 5.88 Å². The van der Waals surface area contributed by atoms with Crippen LogP contribution >= 0.6 is 0 Å². The maximum absolute atomic E-state index is 11.7. The molecule has 0 saturated heterocycles. The van der Waals surface area contributed by atoms with Crippen LogP contribution in [-0.2, 0) is 0 Å². The highest BCUT2D eigenvalue weighted by molar-refractivity contribution is 5.45. The lowest BCUT2D eigenvalue weighted by Crippen LogP contribution is -2.19. The fourth-order valence-electron chi connectivity index (χ4n) is 0.754. The summed E-state index contributed by atoms with van der Waals surface area (Å²) in [5.41, 5.74) is 0.726. The summed E-state index contributed by atoms with van der Waals surface area (Å²) in [4.78, 5) is 3.66. The van der Waals surface area contributed by atoms with Gasteiger partial charge in [0.25, 0.3) is 0 Å². The van der Waals surface area contributed by atoms with Crippen LogP contribution in [-0.4, -0.2) is 17.8 Å². The minimum Gasteiger partial charge on any atom is -0.468 e. The molecule has 0 aliphatic carbocycles. The molecule has 0 bridgehead atoms. The van der Waals surface area contributed by atoms with E-state index in [9.17, 15) is 13.2 Å². The maximum Gasteiger partial charge on any atom is 0.422 e. The van der Waals surface area contributed by atoms with E-state index in [1.54, 1.807) is 12.1 Å². The van der Waals surface area contributed by atoms with Crippen LogP contribution in [0, 0.1) is 0 Å². The molecular weight excluding hydrogens is 195 g/mol. The Labute approximate surface area is 79.0 Å². The number of hydrogen-bond donors (Lipinski definition) is 0. The normalized spacial score (nSPS) is 11.1. The van der Waals surface area contributed by atoms with Crippen molar-refractivity contribution in [2.45, 2.75) is 6.18 Å². The summed E-state index contributed by atoms with van der Waals surface area (Å²) in [5.74, 6) is -0.0482. The summed E-state index contributed by atoms with van der Waals surface area (Å²) in [5, 5.41) is 0. The van der Waals surface area contributed by atoms with Crippen molar-refractivity contribution in [2.75, 3.05) is 6.61 Å². The zero-order valence-electron chi connectivity index (χ0n) is 7.21. The van der Waals surface area contributed by atoms with E-state index in [4.69, 9.17) is 0 Å². The molecule has 2 nitrogen and oxygen atoms in total. The van der Waals surface area contributed by atoms with E-state index in [2.05, 4.69) is 16.3 Å². The van der Waals surface area contributed by atoms with Gasteiger partial charge in [0.05, 0.1) is 0 Å². The Hall–Kier alpha value is -1.52. The second kappa shape index (κ2) is 4.13. The fourth-order valence-corrected chi connectivity index (χ4v) is 0.754. The van der Waals surface area contributed by atoms with E-state index in [1.807, 2.05) is 0 Å². The van der Waals surface area contributed by atoms with Crippen LogP contribution in [0.1, 0.15) is 5.56 Å². The van der Waals surface area contributed by atoms with Crippen molar-refractivity contribution in [3.05, 3.63) is 30.5 Å². The molecule has 1 aromatic heterocycles. The number of hydrogen-bond acceptors (Lipinski definition) is 2. The van der Waals surface area contributed by atoms with Gasteiger partial charge in [0.1, 0.15) is 0 Å². The molecule has 0 N–H and O–H groups in total. The largest absolute Gasteiger partial charge is 0.468 e. The highest BCUT2D eigenvalue weighted by Gasteiger charge is 2.28. The van der Waals surface area contributed by atoms with Crippen molar-refractivity contribution in [1.82, 2.24) is 4.98 Å². The quantitative estimate of drug-likeness (QED) is 0.753. The first-order valence-corrected chi connectivity index (χ1v) is 3.79. The van der Waals surface area contributed by atoms with E-state index < -0.39 is 12.8 Å². The molecule has 0 aliphatic rings. The molecule has 1 rings (SSSR count). The van der Waals surface area contributed by atoms with Crippen LogP contribution in [0.5, 0.6) is 5.88 Å². The monoisotopic (exact) mass is 203 g/mol. The lowest BCUT2D eigenvalue weighted by molar-refractivity contribution is -0.154. The highest BCUT2D eigenvalue weighted by Crippen LogP contribution is 2.16. The molecule has 0 radical (unpaired) electrons. The van der Waals surface area contributed by atoms with Crippen LogP contribution in [0.15, 0.2) is 24.9 Å². The van der Waals surface area contributed by atoms with Crippen LogP contribution in [0.3, 0.4) is 0 Å². The Kier molecular flexibility index (Phi) is 3.11. The molecule has 0 spiro atoms. The minimum atomic E-state index is -4.33. The first-order valence-electron chi connectivity index (χ1n) is 3.79. The van der Waals surface area contributed by atoms with E-state index >= 15 is 0 Å². The van der Waals surface area contributed by atoms with Gasteiger partial charge in [0, 0.05) is 12.3 Å². The van der Waals surface area contributed by atoms with E-state index in [-0.39, 0.29) is 5.88 Å². The molecule has 0 unspecified atom stereocenters. The van der Waals surface area contributed by atoms with Crippen LogP contribution in [0.4, 0.5) is 13.2 Å². The molecule has 5 heteroatoms. The number of nitrogens with zero attached hydrogens (tertiary/aromatic N) is 1. The van der Waals surface area contributed by atoms with E-state index in [0.29, 0.717) is 0 Å². The summed E-state index contributed by atoms with van der Waals surface area (Å²) in [6.07, 6.45) is -1.40. The first-order chi connectivity index (χ1) is 6.51. The molecular formula is C9H8F3NO. The predicted molar refractivity (Wildman–Crippen MR) is 45.9 cm³/mol. The van der Waals surface area contributed by atoms with Gasteiger partial charge in [-0.25, -0.2) is 4.98 Å². The number of ether oxygens (including phenoxy) is 1. The molecule has 76 valence electrons. The van der Waals surface area contributed by atoms with Crippen LogP contribution in [0.2, 0.25) is 0 Å². The number of alkyl halides is 3. The zero-order chi connectivity index (χ0) is 10.6. The predicted octanol–water partition coefficient (Wildman–Crippen LogP) is 2.67. The zero-order valence-corrected chi connectivity index (χ0v) is 7.21. The fraction of sp³-hybridized carbons (Fsp3) is 0.222. The van der Waals surface area contributed by atoms with Gasteiger partial charge in [0.15, 0.2) is 6.61 Å². The third-order valence-corrected chi connectivity index (χ3v) is 1.38. The van der Waals surface area contributed by atoms with Crippen LogP contribution in [0.25, 0.3) is 6.08 Å². The number of pyridine rings is 1. The molecule has 14 heavy (non-hydrogen) atoms. The molecule has 0 aromatic carbocycles. The van der Waals surface area contributed by atoms with Gasteiger partial charge in [-0.2, -0.15) is 13.2 Å². The topological polar surface area (TPSA) is 22.1 Å². The lowest BCUT2D eigenvalue weighted by Gasteiger charge is -2.07. The average molecular weight is 203 g/mol. The third-order valence-electron chi connectivity index (χ3n) is 1.38. The summed E-state index contributed by atoms with van der Waals surface area (Å²) in [7, 11) is 0. The Balaban J connectivity index is 2.56. The van der Waals surface area contributed by atoms with Crippen molar-refractivity contribution < 1.29 is 17.9 Å². The Morgan fingerprint density at radius 3 is 2.57 bits per heavy atom. The highest BCUT2D eigenvalue weighted by atomic mass is 19.4. The van der Waals surface area contributed by atoms with E-state index in [0.717, 1.165) is 5.56 Å². The summed E-state index contributed by atoms with van der Waals surface area (Å²) >= 11 is 0. The van der Waals surface area contributed by atoms with Gasteiger partial charge < -0.3 is 4.74 Å². The van der Waals surface area contributed by atoms with Gasteiger partial charge >= 0.3 is 6.18 Å². The molecule has 1 aromatic rings. The van der Waals surface area contributed by atoms with Crippen molar-refractivity contribution in [1.29, 1.82) is 0 Å². The molecule has 0 saturated carbocycles. The molecule has 0 atom stereocenters. The Morgan fingerprint density at radius 1 is 1.43 bits per heavy atom. The van der Waals surface area contributed by atoms with Crippen LogP contribution < -0.4 is 4.74 Å². The van der Waals surface area contributed by atoms with E-state index in [1.165, 1.54) is 12.3 Å². The average Bonchev–Trinajstić information content (AvgIpc) is 2.14. The SMILES string of the molecule is C=Cc1ccc(OCC(F)(F)F)nc1. The smallest absolute Gasteiger partial charge is 0.422 e. The minimum absolute atomic E-state index is 0.0482. The first kappa shape index (κ1) is 10.6. The lowest BCUT2D eigenvalue weighted by atomic mass is 10.3. The summed E-state index contributed by atoms with van der Waals surface area (Å²) < 4.78 is 39.6. The third kappa shape index (κ3) is 3.47. The standard InChI is InChI=1S/C9H8F3NO/c1-2-7-3-4-8(13-5-7)14-6-9(10,11)12/h2-5H,1,6H2. The molecule has 0 amide bonds. The second-order valence-electron chi connectivity index (χ2n) is 2.54. The summed E-state index contributed by atoms with van der Waals surface area (Å²) in [6.45, 7) is 2.16. The molecule has 0 fully saturated rings. The van der Waals surface area contributed by atoms with Gasteiger partial charge in [0.2, 0.25) is 5.88 Å². The Morgan fingerprint density at radius 2 is 2.14 bits per heavy atom. The molecule has 1 heterocycles. The van der Waals surface area contributed by atoms with Crippen molar-refractivity contribution in [3.63, 3.8) is 0 Å². The Bertz CT molecular complexity index is 305. The summed E-state index contributed by atoms with van der Waals surface area (Å²) in [6, 6.07) is 2.94. The van der Waals surface area contributed by atoms with Gasteiger partial charge in [-0.3, -0.25) is 0 Å². The van der Waals surface area contributed by atoms with Crippen molar-refractivity contribution in [2.24, 2.45) is 0 Å². The van der Waals surface area contributed by atoms with Gasteiger partial charge in [-0.05, 0) is 11.6 Å².